The monoisotopic (exact) mass is 354 g/mol. The van der Waals surface area contributed by atoms with E-state index in [4.69, 9.17) is 9.47 Å². The lowest BCUT2D eigenvalue weighted by atomic mass is 10.1. The lowest BCUT2D eigenvalue weighted by Gasteiger charge is -2.11. The molecule has 5 heteroatoms. The van der Waals surface area contributed by atoms with Crippen molar-refractivity contribution in [3.8, 4) is 11.5 Å². The van der Waals surface area contributed by atoms with Crippen LogP contribution in [0.1, 0.15) is 24.2 Å². The van der Waals surface area contributed by atoms with E-state index >= 15 is 0 Å². The highest BCUT2D eigenvalue weighted by Gasteiger charge is 2.09. The molecule has 21 heavy (non-hydrogen) atoms. The van der Waals surface area contributed by atoms with Crippen molar-refractivity contribution in [1.82, 2.24) is 0 Å². The minimum atomic E-state index is -0.703. The van der Waals surface area contributed by atoms with Crippen molar-refractivity contribution in [2.45, 2.75) is 19.6 Å². The molecule has 112 valence electrons. The Hall–Kier alpha value is -1.59. The van der Waals surface area contributed by atoms with Gasteiger partial charge in [0.2, 0.25) is 0 Å². The Balaban J connectivity index is 2.08. The predicted molar refractivity (Wildman–Crippen MR) is 82.1 cm³/mol. The van der Waals surface area contributed by atoms with E-state index in [9.17, 15) is 9.50 Å². The normalized spacial score (nSPS) is 12.0. The standard InChI is InChI=1S/C16H16BrFO3/c1-10(19)12-4-6-16(14(18)8-12)21-9-11-3-5-15(20-2)13(17)7-11/h3-8,10,19H,9H2,1-2H3/t10-/m0/s1. The lowest BCUT2D eigenvalue weighted by Crippen LogP contribution is -1.99. The highest BCUT2D eigenvalue weighted by Crippen LogP contribution is 2.27. The summed E-state index contributed by atoms with van der Waals surface area (Å²) in [4.78, 5) is 0. The van der Waals surface area contributed by atoms with E-state index < -0.39 is 11.9 Å². The number of ether oxygens (including phenoxy) is 2. The summed E-state index contributed by atoms with van der Waals surface area (Å²) in [6.07, 6.45) is -0.703. The number of hydrogen-bond donors (Lipinski definition) is 1. The summed E-state index contributed by atoms with van der Waals surface area (Å²) >= 11 is 3.39. The maximum absolute atomic E-state index is 13.8. The minimum Gasteiger partial charge on any atom is -0.496 e. The van der Waals surface area contributed by atoms with Crippen molar-refractivity contribution >= 4 is 15.9 Å². The molecule has 0 aliphatic rings. The van der Waals surface area contributed by atoms with E-state index in [1.807, 2.05) is 18.2 Å². The van der Waals surface area contributed by atoms with Crippen LogP contribution in [-0.4, -0.2) is 12.2 Å². The van der Waals surface area contributed by atoms with E-state index in [0.717, 1.165) is 15.8 Å². The first-order valence-corrected chi connectivity index (χ1v) is 7.23. The molecule has 0 saturated heterocycles. The topological polar surface area (TPSA) is 38.7 Å². The van der Waals surface area contributed by atoms with Gasteiger partial charge in [-0.15, -0.1) is 0 Å². The molecule has 2 aromatic rings. The molecule has 0 spiro atoms. The van der Waals surface area contributed by atoms with Crippen molar-refractivity contribution in [3.05, 3.63) is 57.8 Å². The van der Waals surface area contributed by atoms with Crippen LogP contribution in [0.4, 0.5) is 4.39 Å². The van der Waals surface area contributed by atoms with Gasteiger partial charge in [-0.2, -0.15) is 0 Å². The van der Waals surface area contributed by atoms with Gasteiger partial charge in [-0.25, -0.2) is 4.39 Å². The highest BCUT2D eigenvalue weighted by atomic mass is 79.9. The zero-order valence-electron chi connectivity index (χ0n) is 11.8. The van der Waals surface area contributed by atoms with Crippen LogP contribution in [0.3, 0.4) is 0 Å². The third-order valence-electron chi connectivity index (χ3n) is 3.05. The Morgan fingerprint density at radius 3 is 2.48 bits per heavy atom. The smallest absolute Gasteiger partial charge is 0.165 e. The fourth-order valence-corrected chi connectivity index (χ4v) is 2.44. The van der Waals surface area contributed by atoms with Crippen molar-refractivity contribution in [2.24, 2.45) is 0 Å². The van der Waals surface area contributed by atoms with Crippen LogP contribution >= 0.6 is 15.9 Å². The maximum atomic E-state index is 13.8. The SMILES string of the molecule is COc1ccc(COc2ccc([C@H](C)O)cc2F)cc1Br. The summed E-state index contributed by atoms with van der Waals surface area (Å²) in [6.45, 7) is 1.83. The molecule has 1 N–H and O–H groups in total. The van der Waals surface area contributed by atoms with Gasteiger partial charge >= 0.3 is 0 Å². The number of rotatable bonds is 5. The quantitative estimate of drug-likeness (QED) is 0.873. The fraction of sp³-hybridized carbons (Fsp3) is 0.250. The largest absolute Gasteiger partial charge is 0.496 e. The molecule has 1 atom stereocenters. The molecule has 0 saturated carbocycles. The van der Waals surface area contributed by atoms with Crippen LogP contribution in [0.25, 0.3) is 0 Å². The van der Waals surface area contributed by atoms with E-state index in [0.29, 0.717) is 5.56 Å². The van der Waals surface area contributed by atoms with Crippen LogP contribution in [0, 0.1) is 5.82 Å². The first-order chi connectivity index (χ1) is 10.0. The zero-order chi connectivity index (χ0) is 15.4. The van der Waals surface area contributed by atoms with Gasteiger partial charge in [-0.05, 0) is 58.2 Å². The Bertz CT molecular complexity index is 629. The average molecular weight is 355 g/mol. The second-order valence-electron chi connectivity index (χ2n) is 4.62. The Morgan fingerprint density at radius 2 is 1.90 bits per heavy atom. The molecular formula is C16H16BrFO3. The van der Waals surface area contributed by atoms with Crippen molar-refractivity contribution in [2.75, 3.05) is 7.11 Å². The number of aliphatic hydroxyl groups excluding tert-OH is 1. The van der Waals surface area contributed by atoms with Gasteiger partial charge in [0.05, 0.1) is 17.7 Å². The summed E-state index contributed by atoms with van der Waals surface area (Å²) in [5.41, 5.74) is 1.41. The molecular weight excluding hydrogens is 339 g/mol. The van der Waals surface area contributed by atoms with Gasteiger partial charge in [0, 0.05) is 0 Å². The second kappa shape index (κ2) is 6.91. The van der Waals surface area contributed by atoms with E-state index in [1.54, 1.807) is 20.1 Å². The van der Waals surface area contributed by atoms with Gasteiger partial charge in [-0.3, -0.25) is 0 Å². The summed E-state index contributed by atoms with van der Waals surface area (Å²) in [5.74, 6) is 0.401. The molecule has 0 unspecified atom stereocenters. The number of aliphatic hydroxyl groups is 1. The Labute approximate surface area is 131 Å². The summed E-state index contributed by atoms with van der Waals surface area (Å²) in [6, 6.07) is 9.98. The average Bonchev–Trinajstić information content (AvgIpc) is 2.46. The molecule has 0 aliphatic carbocycles. The van der Waals surface area contributed by atoms with Crippen LogP contribution in [0.15, 0.2) is 40.9 Å². The van der Waals surface area contributed by atoms with Gasteiger partial charge in [0.25, 0.3) is 0 Å². The molecule has 0 heterocycles. The Morgan fingerprint density at radius 1 is 1.19 bits per heavy atom. The van der Waals surface area contributed by atoms with Crippen LogP contribution in [0.5, 0.6) is 11.5 Å². The zero-order valence-corrected chi connectivity index (χ0v) is 13.4. The van der Waals surface area contributed by atoms with Crippen molar-refractivity contribution in [3.63, 3.8) is 0 Å². The number of methoxy groups -OCH3 is 1. The highest BCUT2D eigenvalue weighted by molar-refractivity contribution is 9.10. The fourth-order valence-electron chi connectivity index (χ4n) is 1.85. The molecule has 3 nitrogen and oxygen atoms in total. The summed E-state index contributed by atoms with van der Waals surface area (Å²) in [7, 11) is 1.59. The van der Waals surface area contributed by atoms with Crippen LogP contribution in [0.2, 0.25) is 0 Å². The molecule has 2 rings (SSSR count). The first-order valence-electron chi connectivity index (χ1n) is 6.44. The van der Waals surface area contributed by atoms with Crippen molar-refractivity contribution in [1.29, 1.82) is 0 Å². The predicted octanol–water partition coefficient (Wildman–Crippen LogP) is 4.23. The molecule has 0 amide bonds. The van der Waals surface area contributed by atoms with Crippen molar-refractivity contribution < 1.29 is 19.0 Å². The molecule has 0 aromatic heterocycles. The van der Waals surface area contributed by atoms with Gasteiger partial charge < -0.3 is 14.6 Å². The molecule has 2 aromatic carbocycles. The van der Waals surface area contributed by atoms with Gasteiger partial charge in [-0.1, -0.05) is 12.1 Å². The van der Waals surface area contributed by atoms with E-state index in [-0.39, 0.29) is 12.4 Å². The van der Waals surface area contributed by atoms with Crippen LogP contribution < -0.4 is 9.47 Å². The van der Waals surface area contributed by atoms with E-state index in [1.165, 1.54) is 12.1 Å². The molecule has 0 radical (unpaired) electrons. The number of halogens is 2. The Kier molecular flexibility index (Phi) is 5.20. The summed E-state index contributed by atoms with van der Waals surface area (Å²) in [5, 5.41) is 9.40. The van der Waals surface area contributed by atoms with Crippen LogP contribution in [-0.2, 0) is 6.61 Å². The third-order valence-corrected chi connectivity index (χ3v) is 3.67. The second-order valence-corrected chi connectivity index (χ2v) is 5.48. The van der Waals surface area contributed by atoms with Gasteiger partial charge in [0.15, 0.2) is 11.6 Å². The molecule has 0 aliphatic heterocycles. The first kappa shape index (κ1) is 15.8. The molecule has 0 fully saturated rings. The lowest BCUT2D eigenvalue weighted by molar-refractivity contribution is 0.198. The number of benzene rings is 2. The number of hydrogen-bond acceptors (Lipinski definition) is 3. The van der Waals surface area contributed by atoms with E-state index in [2.05, 4.69) is 15.9 Å². The third kappa shape index (κ3) is 3.95. The molecule has 0 bridgehead atoms. The van der Waals surface area contributed by atoms with Gasteiger partial charge in [0.1, 0.15) is 12.4 Å². The summed E-state index contributed by atoms with van der Waals surface area (Å²) < 4.78 is 25.3. The maximum Gasteiger partial charge on any atom is 0.165 e. The minimum absolute atomic E-state index is 0.159.